The molecule has 0 fully saturated rings. The van der Waals surface area contributed by atoms with Crippen LogP contribution in [0.25, 0.3) is 16.9 Å². The second kappa shape index (κ2) is 9.32. The molecule has 5 aromatic rings. The number of hydrogen-bond acceptors (Lipinski definition) is 7. The maximum absolute atomic E-state index is 13.3. The van der Waals surface area contributed by atoms with Gasteiger partial charge in [0.1, 0.15) is 12.0 Å². The summed E-state index contributed by atoms with van der Waals surface area (Å²) < 4.78 is 11.4. The summed E-state index contributed by atoms with van der Waals surface area (Å²) in [6.07, 6.45) is 0.777. The summed E-state index contributed by atoms with van der Waals surface area (Å²) in [5, 5.41) is 9.83. The van der Waals surface area contributed by atoms with E-state index >= 15 is 0 Å². The first-order valence-corrected chi connectivity index (χ1v) is 12.2. The standard InChI is InChI=1S/C24H21ClN6O4S/c1-28-20-19(21(33)29(2)24(28)34)30(11-14-4-7-17(25)8-5-14)22-26-27-23(31(20)22)36-13-16-10-15(12-32)6-9-18(16)35-3/h4-10,12H,11,13H2,1-3H3. The van der Waals surface area contributed by atoms with Gasteiger partial charge in [-0.15, -0.1) is 10.2 Å². The highest BCUT2D eigenvalue weighted by molar-refractivity contribution is 7.98. The number of hydrogen-bond donors (Lipinski definition) is 0. The SMILES string of the molecule is COc1ccc(C=O)cc1CSc1nnc2n(Cc3ccc(Cl)cc3)c3c(=O)n(C)c(=O)n(C)c3n12. The summed E-state index contributed by atoms with van der Waals surface area (Å²) in [5.74, 6) is 1.49. The predicted molar refractivity (Wildman–Crippen MR) is 137 cm³/mol. The van der Waals surface area contributed by atoms with Crippen molar-refractivity contribution in [1.82, 2.24) is 28.3 Å². The third-order valence-corrected chi connectivity index (χ3v) is 7.23. The van der Waals surface area contributed by atoms with Gasteiger partial charge in [0.2, 0.25) is 5.78 Å². The van der Waals surface area contributed by atoms with Gasteiger partial charge < -0.3 is 4.74 Å². The van der Waals surface area contributed by atoms with Crippen LogP contribution in [0.4, 0.5) is 0 Å². The van der Waals surface area contributed by atoms with Gasteiger partial charge in [0.15, 0.2) is 16.3 Å². The first kappa shape index (κ1) is 23.9. The Balaban J connectivity index is 1.68. The van der Waals surface area contributed by atoms with Crippen molar-refractivity contribution in [2.75, 3.05) is 7.11 Å². The molecule has 5 rings (SSSR count). The van der Waals surface area contributed by atoms with Crippen LogP contribution in [0.2, 0.25) is 5.02 Å². The highest BCUT2D eigenvalue weighted by Gasteiger charge is 2.24. The highest BCUT2D eigenvalue weighted by Crippen LogP contribution is 2.30. The van der Waals surface area contributed by atoms with Crippen LogP contribution in [0.3, 0.4) is 0 Å². The first-order chi connectivity index (χ1) is 17.3. The number of aldehydes is 1. The van der Waals surface area contributed by atoms with E-state index < -0.39 is 11.2 Å². The minimum atomic E-state index is -0.456. The number of carbonyl (C=O) groups excluding carboxylic acids is 1. The molecule has 0 aliphatic heterocycles. The molecule has 36 heavy (non-hydrogen) atoms. The number of aryl methyl sites for hydroxylation is 1. The lowest BCUT2D eigenvalue weighted by Crippen LogP contribution is -2.37. The van der Waals surface area contributed by atoms with Gasteiger partial charge in [0.25, 0.3) is 5.56 Å². The molecule has 0 radical (unpaired) electrons. The molecule has 0 N–H and O–H groups in total. The predicted octanol–water partition coefficient (Wildman–Crippen LogP) is 2.90. The van der Waals surface area contributed by atoms with Gasteiger partial charge in [0, 0.05) is 36.0 Å². The fourth-order valence-electron chi connectivity index (χ4n) is 4.17. The van der Waals surface area contributed by atoms with Crippen LogP contribution in [0.1, 0.15) is 21.5 Å². The zero-order valence-corrected chi connectivity index (χ0v) is 21.2. The van der Waals surface area contributed by atoms with E-state index in [9.17, 15) is 14.4 Å². The Morgan fingerprint density at radius 1 is 1.06 bits per heavy atom. The Kier molecular flexibility index (Phi) is 6.19. The van der Waals surface area contributed by atoms with E-state index in [0.29, 0.717) is 50.7 Å². The average molecular weight is 525 g/mol. The maximum Gasteiger partial charge on any atom is 0.332 e. The second-order valence-electron chi connectivity index (χ2n) is 8.19. The number of imidazole rings is 1. The van der Waals surface area contributed by atoms with Gasteiger partial charge in [-0.05, 0) is 35.9 Å². The van der Waals surface area contributed by atoms with Gasteiger partial charge in [-0.2, -0.15) is 0 Å². The van der Waals surface area contributed by atoms with Crippen LogP contribution in [-0.2, 0) is 26.4 Å². The lowest BCUT2D eigenvalue weighted by Gasteiger charge is -2.09. The molecule has 3 aromatic heterocycles. The zero-order valence-electron chi connectivity index (χ0n) is 19.6. The van der Waals surface area contributed by atoms with Crippen molar-refractivity contribution in [2.24, 2.45) is 14.1 Å². The van der Waals surface area contributed by atoms with Crippen LogP contribution in [0, 0.1) is 0 Å². The average Bonchev–Trinajstić information content (AvgIpc) is 3.44. The third-order valence-electron chi connectivity index (χ3n) is 6.00. The number of thioether (sulfide) groups is 1. The van der Waals surface area contributed by atoms with E-state index in [2.05, 4.69) is 10.2 Å². The van der Waals surface area contributed by atoms with Crippen LogP contribution < -0.4 is 16.0 Å². The lowest BCUT2D eigenvalue weighted by molar-refractivity contribution is 0.112. The van der Waals surface area contributed by atoms with Crippen molar-refractivity contribution in [3.05, 3.63) is 85.0 Å². The minimum absolute atomic E-state index is 0.329. The van der Waals surface area contributed by atoms with Gasteiger partial charge in [-0.1, -0.05) is 35.5 Å². The van der Waals surface area contributed by atoms with E-state index in [0.717, 1.165) is 22.0 Å². The fourth-order valence-corrected chi connectivity index (χ4v) is 5.20. The summed E-state index contributed by atoms with van der Waals surface area (Å²) in [6.45, 7) is 0.329. The molecule has 3 heterocycles. The van der Waals surface area contributed by atoms with Crippen molar-refractivity contribution in [2.45, 2.75) is 17.5 Å². The van der Waals surface area contributed by atoms with Crippen molar-refractivity contribution < 1.29 is 9.53 Å². The number of nitrogens with zero attached hydrogens (tertiary/aromatic N) is 6. The summed E-state index contributed by atoms with van der Waals surface area (Å²) in [4.78, 5) is 37.3. The third kappa shape index (κ3) is 3.90. The Morgan fingerprint density at radius 2 is 1.81 bits per heavy atom. The normalized spacial score (nSPS) is 11.4. The summed E-state index contributed by atoms with van der Waals surface area (Å²) in [7, 11) is 4.63. The van der Waals surface area contributed by atoms with E-state index in [1.165, 1.54) is 23.4 Å². The molecule has 0 atom stereocenters. The Labute approximate surface area is 213 Å². The molecule has 0 unspecified atom stereocenters. The van der Waals surface area contributed by atoms with Gasteiger partial charge in [0.05, 0.1) is 13.7 Å². The number of halogens is 1. The van der Waals surface area contributed by atoms with Crippen molar-refractivity contribution >= 4 is 46.6 Å². The minimum Gasteiger partial charge on any atom is -0.496 e. The molecule has 0 amide bonds. The molecule has 184 valence electrons. The summed E-state index contributed by atoms with van der Waals surface area (Å²) in [6, 6.07) is 12.5. The van der Waals surface area contributed by atoms with E-state index in [-0.39, 0.29) is 0 Å². The lowest BCUT2D eigenvalue weighted by atomic mass is 10.1. The Bertz CT molecular complexity index is 1750. The smallest absolute Gasteiger partial charge is 0.332 e. The molecule has 10 nitrogen and oxygen atoms in total. The van der Waals surface area contributed by atoms with Crippen molar-refractivity contribution in [1.29, 1.82) is 0 Å². The topological polar surface area (TPSA) is 105 Å². The van der Waals surface area contributed by atoms with Crippen molar-refractivity contribution in [3.63, 3.8) is 0 Å². The molecule has 0 aliphatic carbocycles. The Hall–Kier alpha value is -3.83. The van der Waals surface area contributed by atoms with E-state index in [1.807, 2.05) is 12.1 Å². The van der Waals surface area contributed by atoms with Gasteiger partial charge >= 0.3 is 5.69 Å². The quantitative estimate of drug-likeness (QED) is 0.238. The van der Waals surface area contributed by atoms with Crippen LogP contribution in [0.5, 0.6) is 5.75 Å². The molecule has 0 spiro atoms. The number of benzene rings is 2. The van der Waals surface area contributed by atoms with Gasteiger partial charge in [-0.3, -0.25) is 23.3 Å². The van der Waals surface area contributed by atoms with Gasteiger partial charge in [-0.25, -0.2) is 9.20 Å². The van der Waals surface area contributed by atoms with Crippen LogP contribution in [-0.4, -0.2) is 41.7 Å². The molecule has 0 saturated heterocycles. The highest BCUT2D eigenvalue weighted by atomic mass is 35.5. The molecule has 2 aromatic carbocycles. The number of ether oxygens (including phenoxy) is 1. The summed E-state index contributed by atoms with van der Waals surface area (Å²) in [5.41, 5.74) is 2.09. The van der Waals surface area contributed by atoms with Crippen LogP contribution in [0.15, 0.2) is 57.2 Å². The van der Waals surface area contributed by atoms with Crippen LogP contribution >= 0.6 is 23.4 Å². The maximum atomic E-state index is 13.3. The largest absolute Gasteiger partial charge is 0.496 e. The number of methoxy groups -OCH3 is 1. The molecular formula is C24H21ClN6O4S. The monoisotopic (exact) mass is 524 g/mol. The fraction of sp³-hybridized carbons (Fsp3) is 0.208. The number of rotatable bonds is 7. The first-order valence-electron chi connectivity index (χ1n) is 10.9. The zero-order chi connectivity index (χ0) is 25.6. The summed E-state index contributed by atoms with van der Waals surface area (Å²) >= 11 is 7.40. The van der Waals surface area contributed by atoms with E-state index in [1.54, 1.807) is 53.5 Å². The Morgan fingerprint density at radius 3 is 2.50 bits per heavy atom. The second-order valence-corrected chi connectivity index (χ2v) is 9.57. The molecule has 0 aliphatic rings. The molecular weight excluding hydrogens is 504 g/mol. The van der Waals surface area contributed by atoms with Crippen molar-refractivity contribution in [3.8, 4) is 5.75 Å². The molecule has 12 heteroatoms. The number of carbonyl (C=O) groups is 1. The molecule has 0 bridgehead atoms. The number of fused-ring (bicyclic) bond motifs is 3. The van der Waals surface area contributed by atoms with E-state index in [4.69, 9.17) is 16.3 Å². The number of aromatic nitrogens is 6. The molecule has 0 saturated carbocycles.